The van der Waals surface area contributed by atoms with Crippen LogP contribution in [0, 0.1) is 0 Å². The average molecular weight is 262 g/mol. The Bertz CT molecular complexity index is 432. The molecule has 0 unspecified atom stereocenters. The summed E-state index contributed by atoms with van der Waals surface area (Å²) in [6.07, 6.45) is 3.68. The van der Waals surface area contributed by atoms with Gasteiger partial charge in [-0.1, -0.05) is 18.2 Å². The molecule has 0 heterocycles. The van der Waals surface area contributed by atoms with Crippen LogP contribution in [0.4, 0.5) is 0 Å². The first kappa shape index (κ1) is 14.0. The molecule has 0 radical (unpaired) electrons. The van der Waals surface area contributed by atoms with Crippen LogP contribution in [0.1, 0.15) is 23.1 Å². The zero-order valence-electron chi connectivity index (χ0n) is 11.5. The molecule has 0 saturated carbocycles. The van der Waals surface area contributed by atoms with Crippen molar-refractivity contribution in [3.63, 3.8) is 0 Å². The van der Waals surface area contributed by atoms with Crippen molar-refractivity contribution in [2.45, 2.75) is 25.8 Å². The Labute approximate surface area is 114 Å². The van der Waals surface area contributed by atoms with Crippen LogP contribution < -0.4 is 10.6 Å². The van der Waals surface area contributed by atoms with Gasteiger partial charge in [-0.15, -0.1) is 0 Å². The molecule has 0 spiro atoms. The maximum Gasteiger partial charge on any atom is 0.234 e. The van der Waals surface area contributed by atoms with Crippen molar-refractivity contribution >= 4 is 5.91 Å². The Morgan fingerprint density at radius 1 is 1.32 bits per heavy atom. The number of fused-ring (bicyclic) bond motifs is 1. The normalized spacial score (nSPS) is 13.3. The van der Waals surface area contributed by atoms with E-state index in [1.165, 1.54) is 36.0 Å². The van der Waals surface area contributed by atoms with Crippen molar-refractivity contribution in [2.24, 2.45) is 0 Å². The van der Waals surface area contributed by atoms with Crippen LogP contribution >= 0.6 is 0 Å². The lowest BCUT2D eigenvalue weighted by atomic mass is 10.1. The summed E-state index contributed by atoms with van der Waals surface area (Å²) < 4.78 is 4.87. The van der Waals surface area contributed by atoms with Crippen molar-refractivity contribution in [1.82, 2.24) is 10.6 Å². The molecule has 0 fully saturated rings. The topological polar surface area (TPSA) is 50.4 Å². The van der Waals surface area contributed by atoms with Gasteiger partial charge in [0.1, 0.15) is 0 Å². The fourth-order valence-corrected chi connectivity index (χ4v) is 2.41. The van der Waals surface area contributed by atoms with Gasteiger partial charge in [-0.25, -0.2) is 0 Å². The van der Waals surface area contributed by atoms with Gasteiger partial charge in [-0.3, -0.25) is 4.79 Å². The minimum Gasteiger partial charge on any atom is -0.383 e. The lowest BCUT2D eigenvalue weighted by Gasteiger charge is -2.08. The molecule has 0 aliphatic heterocycles. The summed E-state index contributed by atoms with van der Waals surface area (Å²) in [7, 11) is 1.62. The van der Waals surface area contributed by atoms with Gasteiger partial charge in [0.15, 0.2) is 0 Å². The largest absolute Gasteiger partial charge is 0.383 e. The van der Waals surface area contributed by atoms with Crippen molar-refractivity contribution in [2.75, 3.05) is 26.8 Å². The highest BCUT2D eigenvalue weighted by molar-refractivity contribution is 5.77. The average Bonchev–Trinajstić information content (AvgIpc) is 2.86. The molecule has 4 heteroatoms. The van der Waals surface area contributed by atoms with Crippen LogP contribution in [0.15, 0.2) is 18.2 Å². The lowest BCUT2D eigenvalue weighted by Crippen LogP contribution is -2.35. The summed E-state index contributed by atoms with van der Waals surface area (Å²) in [5.74, 6) is 0.0122. The maximum absolute atomic E-state index is 11.5. The predicted octanol–water partition coefficient (Wildman–Crippen LogP) is 1.03. The second kappa shape index (κ2) is 7.26. The van der Waals surface area contributed by atoms with Gasteiger partial charge in [0.25, 0.3) is 0 Å². The van der Waals surface area contributed by atoms with E-state index < -0.39 is 0 Å². The highest BCUT2D eigenvalue weighted by atomic mass is 16.5. The SMILES string of the molecule is COCCNC(=O)CNCc1ccc2c(c1)CCC2. The number of carbonyl (C=O) groups excluding carboxylic acids is 1. The predicted molar refractivity (Wildman–Crippen MR) is 75.1 cm³/mol. The Morgan fingerprint density at radius 3 is 3.00 bits per heavy atom. The Kier molecular flexibility index (Phi) is 5.36. The third kappa shape index (κ3) is 4.33. The number of hydrogen-bond donors (Lipinski definition) is 2. The zero-order chi connectivity index (χ0) is 13.5. The highest BCUT2D eigenvalue weighted by Crippen LogP contribution is 2.22. The number of nitrogens with one attached hydrogen (secondary N) is 2. The van der Waals surface area contributed by atoms with E-state index in [4.69, 9.17) is 4.74 Å². The number of ether oxygens (including phenoxy) is 1. The van der Waals surface area contributed by atoms with E-state index in [0.29, 0.717) is 19.7 Å². The third-order valence-corrected chi connectivity index (χ3v) is 3.41. The van der Waals surface area contributed by atoms with Crippen LogP contribution in [0.5, 0.6) is 0 Å². The Balaban J connectivity index is 1.69. The van der Waals surface area contributed by atoms with Gasteiger partial charge in [0.2, 0.25) is 5.91 Å². The Hall–Kier alpha value is -1.39. The minimum atomic E-state index is 0.0122. The third-order valence-electron chi connectivity index (χ3n) is 3.41. The number of rotatable bonds is 7. The quantitative estimate of drug-likeness (QED) is 0.722. The molecule has 104 valence electrons. The molecule has 19 heavy (non-hydrogen) atoms. The molecule has 1 aliphatic rings. The minimum absolute atomic E-state index is 0.0122. The van der Waals surface area contributed by atoms with E-state index in [1.807, 2.05) is 0 Å². The van der Waals surface area contributed by atoms with Gasteiger partial charge in [0.05, 0.1) is 13.2 Å². The number of aryl methyl sites for hydroxylation is 2. The van der Waals surface area contributed by atoms with Gasteiger partial charge in [-0.2, -0.15) is 0 Å². The van der Waals surface area contributed by atoms with Crippen molar-refractivity contribution in [3.8, 4) is 0 Å². The van der Waals surface area contributed by atoms with Gasteiger partial charge < -0.3 is 15.4 Å². The summed E-state index contributed by atoms with van der Waals surface area (Å²) in [4.78, 5) is 11.5. The first-order valence-electron chi connectivity index (χ1n) is 6.86. The molecule has 2 N–H and O–H groups in total. The van der Waals surface area contributed by atoms with Crippen molar-refractivity contribution in [1.29, 1.82) is 0 Å². The van der Waals surface area contributed by atoms with E-state index in [-0.39, 0.29) is 5.91 Å². The van der Waals surface area contributed by atoms with Crippen LogP contribution in [-0.4, -0.2) is 32.7 Å². The van der Waals surface area contributed by atoms with Crippen molar-refractivity contribution < 1.29 is 9.53 Å². The van der Waals surface area contributed by atoms with E-state index in [2.05, 4.69) is 28.8 Å². The number of amides is 1. The first-order valence-corrected chi connectivity index (χ1v) is 6.86. The van der Waals surface area contributed by atoms with Gasteiger partial charge in [0, 0.05) is 20.2 Å². The number of methoxy groups -OCH3 is 1. The molecule has 1 aromatic carbocycles. The summed E-state index contributed by atoms with van der Waals surface area (Å²) in [5, 5.41) is 5.95. The number of carbonyl (C=O) groups is 1. The maximum atomic E-state index is 11.5. The fourth-order valence-electron chi connectivity index (χ4n) is 2.41. The second-order valence-electron chi connectivity index (χ2n) is 4.90. The lowest BCUT2D eigenvalue weighted by molar-refractivity contribution is -0.120. The number of hydrogen-bond acceptors (Lipinski definition) is 3. The molecule has 1 aliphatic carbocycles. The first-order chi connectivity index (χ1) is 9.29. The molecule has 2 rings (SSSR count). The van der Waals surface area contributed by atoms with Crippen molar-refractivity contribution in [3.05, 3.63) is 34.9 Å². The molecule has 0 saturated heterocycles. The van der Waals surface area contributed by atoms with E-state index >= 15 is 0 Å². The standard InChI is InChI=1S/C15H22N2O2/c1-19-8-7-17-15(18)11-16-10-12-5-6-13-3-2-4-14(13)9-12/h5-6,9,16H,2-4,7-8,10-11H2,1H3,(H,17,18). The number of benzene rings is 1. The summed E-state index contributed by atoms with van der Waals surface area (Å²) in [5.41, 5.74) is 4.22. The summed E-state index contributed by atoms with van der Waals surface area (Å²) in [6.45, 7) is 2.21. The second-order valence-corrected chi connectivity index (χ2v) is 4.90. The van der Waals surface area contributed by atoms with E-state index in [1.54, 1.807) is 7.11 Å². The molecule has 0 atom stereocenters. The van der Waals surface area contributed by atoms with E-state index in [9.17, 15) is 4.79 Å². The van der Waals surface area contributed by atoms with Crippen LogP contribution in [0.2, 0.25) is 0 Å². The molecule has 0 bridgehead atoms. The van der Waals surface area contributed by atoms with Gasteiger partial charge >= 0.3 is 0 Å². The molecule has 1 amide bonds. The molecule has 1 aromatic rings. The smallest absolute Gasteiger partial charge is 0.234 e. The van der Waals surface area contributed by atoms with Crippen LogP contribution in [0.25, 0.3) is 0 Å². The molecular weight excluding hydrogens is 240 g/mol. The fraction of sp³-hybridized carbons (Fsp3) is 0.533. The Morgan fingerprint density at radius 2 is 2.16 bits per heavy atom. The summed E-state index contributed by atoms with van der Waals surface area (Å²) in [6, 6.07) is 6.64. The van der Waals surface area contributed by atoms with Crippen LogP contribution in [0.3, 0.4) is 0 Å². The highest BCUT2D eigenvalue weighted by Gasteiger charge is 2.10. The van der Waals surface area contributed by atoms with E-state index in [0.717, 1.165) is 6.54 Å². The zero-order valence-corrected chi connectivity index (χ0v) is 11.5. The molecule has 0 aromatic heterocycles. The monoisotopic (exact) mass is 262 g/mol. The molecule has 4 nitrogen and oxygen atoms in total. The van der Waals surface area contributed by atoms with Crippen LogP contribution in [-0.2, 0) is 28.9 Å². The van der Waals surface area contributed by atoms with Gasteiger partial charge in [-0.05, 0) is 36.0 Å². The molecular formula is C15H22N2O2. The summed E-state index contributed by atoms with van der Waals surface area (Å²) >= 11 is 0.